The van der Waals surface area contributed by atoms with Gasteiger partial charge in [0.25, 0.3) is 0 Å². The summed E-state index contributed by atoms with van der Waals surface area (Å²) in [6, 6.07) is 1.68. The molecule has 2 N–H and O–H groups in total. The number of hydrogen-bond donors (Lipinski definition) is 2. The van der Waals surface area contributed by atoms with Crippen LogP contribution in [0.15, 0.2) is 10.6 Å². The Hall–Kier alpha value is -1.34. The van der Waals surface area contributed by atoms with Gasteiger partial charge in [0.1, 0.15) is 5.76 Å². The zero-order valence-electron chi connectivity index (χ0n) is 13.4. The van der Waals surface area contributed by atoms with Gasteiger partial charge in [-0.3, -0.25) is 9.66 Å². The number of halogens is 1. The molecular formula is C13H20ClN4O4P. The van der Waals surface area contributed by atoms with Crippen LogP contribution in [0.25, 0.3) is 0 Å². The highest BCUT2D eigenvalue weighted by Crippen LogP contribution is 2.61. The van der Waals surface area contributed by atoms with Crippen LogP contribution in [-0.4, -0.2) is 28.6 Å². The number of H-pyrrole nitrogens is 1. The molecule has 10 heteroatoms. The van der Waals surface area contributed by atoms with Crippen LogP contribution in [0.1, 0.15) is 36.6 Å². The van der Waals surface area contributed by atoms with Crippen molar-refractivity contribution in [1.29, 1.82) is 0 Å². The normalized spacial score (nSPS) is 13.3. The molecule has 0 fully saturated rings. The van der Waals surface area contributed by atoms with Crippen molar-refractivity contribution in [2.75, 3.05) is 18.5 Å². The molecule has 0 aliphatic carbocycles. The van der Waals surface area contributed by atoms with E-state index in [0.29, 0.717) is 22.8 Å². The first-order chi connectivity index (χ1) is 10.9. The van der Waals surface area contributed by atoms with Crippen molar-refractivity contribution in [2.24, 2.45) is 0 Å². The molecule has 2 heterocycles. The molecule has 0 radical (unpaired) electrons. The minimum atomic E-state index is -3.57. The fourth-order valence-corrected chi connectivity index (χ4v) is 4.54. The van der Waals surface area contributed by atoms with E-state index in [1.807, 2.05) is 0 Å². The van der Waals surface area contributed by atoms with Crippen molar-refractivity contribution in [3.05, 3.63) is 28.2 Å². The largest absolute Gasteiger partial charge is 0.360 e. The van der Waals surface area contributed by atoms with Gasteiger partial charge in [-0.2, -0.15) is 5.10 Å². The summed E-state index contributed by atoms with van der Waals surface area (Å²) in [7, 11) is -3.57. The van der Waals surface area contributed by atoms with Crippen LogP contribution in [0.4, 0.5) is 5.82 Å². The Kier molecular flexibility index (Phi) is 5.86. The van der Waals surface area contributed by atoms with E-state index in [1.54, 1.807) is 33.8 Å². The van der Waals surface area contributed by atoms with E-state index in [-0.39, 0.29) is 18.4 Å². The average Bonchev–Trinajstić information content (AvgIpc) is 3.03. The number of rotatable bonds is 8. The lowest BCUT2D eigenvalue weighted by Gasteiger charge is -2.27. The quantitative estimate of drug-likeness (QED) is 0.683. The standard InChI is InChI=1S/C13H20ClN4O4P/c1-5-20-23(19,21-6-2)13(11-9(4)16-17-12(11)14)15-10-7-8(3)22-18-10/h7,13H,5-6H2,1-4H3,(H,15,18)(H,16,17). The summed E-state index contributed by atoms with van der Waals surface area (Å²) >= 11 is 6.16. The van der Waals surface area contributed by atoms with Crippen molar-refractivity contribution in [3.8, 4) is 0 Å². The smallest absolute Gasteiger partial charge is 0.357 e. The van der Waals surface area contributed by atoms with Gasteiger partial charge in [-0.05, 0) is 27.7 Å². The van der Waals surface area contributed by atoms with Crippen LogP contribution >= 0.6 is 19.2 Å². The first kappa shape index (κ1) is 18.0. The maximum atomic E-state index is 13.3. The molecule has 2 rings (SSSR count). The Morgan fingerprint density at radius 2 is 2.04 bits per heavy atom. The lowest BCUT2D eigenvalue weighted by molar-refractivity contribution is 0.214. The molecular weight excluding hydrogens is 343 g/mol. The second-order valence-corrected chi connectivity index (χ2v) is 7.27. The third-order valence-electron chi connectivity index (χ3n) is 3.07. The number of hydrogen-bond acceptors (Lipinski definition) is 7. The zero-order chi connectivity index (χ0) is 17.0. The van der Waals surface area contributed by atoms with E-state index < -0.39 is 13.4 Å². The molecule has 0 saturated carbocycles. The number of aromatic nitrogens is 3. The van der Waals surface area contributed by atoms with E-state index in [4.69, 9.17) is 25.2 Å². The molecule has 2 aromatic heterocycles. The Morgan fingerprint density at radius 1 is 1.39 bits per heavy atom. The second kappa shape index (κ2) is 7.49. The van der Waals surface area contributed by atoms with E-state index >= 15 is 0 Å². The highest BCUT2D eigenvalue weighted by atomic mass is 35.5. The molecule has 0 aliphatic rings. The summed E-state index contributed by atoms with van der Waals surface area (Å²) in [5, 5.41) is 13.8. The molecule has 0 amide bonds. The first-order valence-electron chi connectivity index (χ1n) is 7.20. The van der Waals surface area contributed by atoms with E-state index in [2.05, 4.69) is 20.7 Å². The Labute approximate surface area is 139 Å². The fraction of sp³-hybridized carbons (Fsp3) is 0.538. The first-order valence-corrected chi connectivity index (χ1v) is 9.19. The third-order valence-corrected chi connectivity index (χ3v) is 5.61. The van der Waals surface area contributed by atoms with Gasteiger partial charge in [0, 0.05) is 17.3 Å². The maximum Gasteiger partial charge on any atom is 0.357 e. The minimum absolute atomic E-state index is 0.194. The van der Waals surface area contributed by atoms with Gasteiger partial charge in [0.2, 0.25) is 0 Å². The highest BCUT2D eigenvalue weighted by molar-refractivity contribution is 7.54. The van der Waals surface area contributed by atoms with Crippen molar-refractivity contribution >= 4 is 25.0 Å². The summed E-state index contributed by atoms with van der Waals surface area (Å²) in [4.78, 5) is 0. The van der Waals surface area contributed by atoms with Crippen LogP contribution < -0.4 is 5.32 Å². The monoisotopic (exact) mass is 362 g/mol. The van der Waals surface area contributed by atoms with Gasteiger partial charge in [0.15, 0.2) is 16.8 Å². The van der Waals surface area contributed by atoms with Crippen molar-refractivity contribution in [3.63, 3.8) is 0 Å². The Balaban J connectivity index is 2.47. The molecule has 0 saturated heterocycles. The van der Waals surface area contributed by atoms with Crippen LogP contribution in [0, 0.1) is 13.8 Å². The molecule has 1 atom stereocenters. The van der Waals surface area contributed by atoms with Gasteiger partial charge >= 0.3 is 7.60 Å². The van der Waals surface area contributed by atoms with Crippen LogP contribution in [0.3, 0.4) is 0 Å². The predicted octanol–water partition coefficient (Wildman–Crippen LogP) is 4.04. The molecule has 2 aromatic rings. The molecule has 0 spiro atoms. The SMILES string of the molecule is CCOP(=O)(OCC)C(Nc1cc(C)on1)c1c(Cl)n[nH]c1C. The molecule has 23 heavy (non-hydrogen) atoms. The maximum absolute atomic E-state index is 13.3. The number of nitrogens with zero attached hydrogens (tertiary/aromatic N) is 2. The van der Waals surface area contributed by atoms with Gasteiger partial charge < -0.3 is 18.9 Å². The molecule has 1 unspecified atom stereocenters. The molecule has 0 aromatic carbocycles. The van der Waals surface area contributed by atoms with Crippen LogP contribution in [0.2, 0.25) is 5.15 Å². The lowest BCUT2D eigenvalue weighted by atomic mass is 10.2. The molecule has 0 bridgehead atoms. The van der Waals surface area contributed by atoms with Gasteiger partial charge in [-0.1, -0.05) is 16.8 Å². The average molecular weight is 363 g/mol. The second-order valence-electron chi connectivity index (χ2n) is 4.80. The van der Waals surface area contributed by atoms with Crippen molar-refractivity contribution in [1.82, 2.24) is 15.4 Å². The zero-order valence-corrected chi connectivity index (χ0v) is 15.1. The lowest BCUT2D eigenvalue weighted by Crippen LogP contribution is -2.16. The number of anilines is 1. The van der Waals surface area contributed by atoms with Gasteiger partial charge in [-0.15, -0.1) is 0 Å². The summed E-state index contributed by atoms with van der Waals surface area (Å²) in [6.07, 6.45) is 0. The fourth-order valence-electron chi connectivity index (χ4n) is 2.16. The molecule has 128 valence electrons. The third kappa shape index (κ3) is 3.95. The summed E-state index contributed by atoms with van der Waals surface area (Å²) in [5.41, 5.74) is 1.17. The van der Waals surface area contributed by atoms with E-state index in [0.717, 1.165) is 0 Å². The summed E-state index contributed by atoms with van der Waals surface area (Å²) in [5.74, 6) is 0.158. The minimum Gasteiger partial charge on any atom is -0.360 e. The van der Waals surface area contributed by atoms with Crippen molar-refractivity contribution in [2.45, 2.75) is 33.5 Å². The van der Waals surface area contributed by atoms with Gasteiger partial charge in [-0.25, -0.2) is 0 Å². The molecule has 0 aliphatic heterocycles. The van der Waals surface area contributed by atoms with E-state index in [9.17, 15) is 4.57 Å². The number of aryl methyl sites for hydroxylation is 2. The van der Waals surface area contributed by atoms with Crippen LogP contribution in [0.5, 0.6) is 0 Å². The van der Waals surface area contributed by atoms with Crippen molar-refractivity contribution < 1.29 is 18.1 Å². The Bertz CT molecular complexity index is 672. The topological polar surface area (TPSA) is 102 Å². The van der Waals surface area contributed by atoms with E-state index in [1.165, 1.54) is 0 Å². The number of nitrogens with one attached hydrogen (secondary N) is 2. The number of aromatic amines is 1. The van der Waals surface area contributed by atoms with Crippen LogP contribution in [-0.2, 0) is 13.6 Å². The molecule has 8 nitrogen and oxygen atoms in total. The summed E-state index contributed by atoms with van der Waals surface area (Å²) in [6.45, 7) is 7.47. The predicted molar refractivity (Wildman–Crippen MR) is 86.8 cm³/mol. The summed E-state index contributed by atoms with van der Waals surface area (Å²) < 4.78 is 29.2. The Morgan fingerprint density at radius 3 is 2.48 bits per heavy atom. The van der Waals surface area contributed by atoms with Gasteiger partial charge in [0.05, 0.1) is 13.2 Å². The highest BCUT2D eigenvalue weighted by Gasteiger charge is 2.40.